The average molecular weight is 288 g/mol. The van der Waals surface area contributed by atoms with Gasteiger partial charge >= 0.3 is 0 Å². The van der Waals surface area contributed by atoms with Gasteiger partial charge in [0.1, 0.15) is 5.82 Å². The lowest BCUT2D eigenvalue weighted by Crippen LogP contribution is -2.14. The van der Waals surface area contributed by atoms with E-state index >= 15 is 0 Å². The molecule has 1 aromatic heterocycles. The van der Waals surface area contributed by atoms with Crippen LogP contribution in [-0.4, -0.2) is 28.8 Å². The van der Waals surface area contributed by atoms with Gasteiger partial charge in [0.25, 0.3) is 5.69 Å². The summed E-state index contributed by atoms with van der Waals surface area (Å²) in [4.78, 5) is 12.3. The van der Waals surface area contributed by atoms with Crippen LogP contribution in [0.3, 0.4) is 0 Å². The number of aromatic nitrogens is 2. The lowest BCUT2D eigenvalue weighted by molar-refractivity contribution is -0.384. The van der Waals surface area contributed by atoms with E-state index in [-0.39, 0.29) is 11.1 Å². The molecule has 0 aliphatic rings. The Kier molecular flexibility index (Phi) is 3.72. The van der Waals surface area contributed by atoms with E-state index in [4.69, 9.17) is 0 Å². The van der Waals surface area contributed by atoms with E-state index in [1.165, 1.54) is 12.1 Å². The number of rotatable bonds is 3. The fraction of sp³-hybridized carbons (Fsp3) is 0.400. The zero-order chi connectivity index (χ0) is 15.8. The van der Waals surface area contributed by atoms with Gasteiger partial charge < -0.3 is 4.90 Å². The quantitative estimate of drug-likeness (QED) is 0.643. The molecule has 1 aromatic carbocycles. The second kappa shape index (κ2) is 5.20. The Morgan fingerprint density at radius 3 is 2.19 bits per heavy atom. The average Bonchev–Trinajstić information content (AvgIpc) is 2.83. The summed E-state index contributed by atoms with van der Waals surface area (Å²) in [6.07, 6.45) is 0. The topological polar surface area (TPSA) is 64.2 Å². The van der Waals surface area contributed by atoms with E-state index in [1.54, 1.807) is 12.1 Å². The first-order chi connectivity index (χ1) is 9.70. The second-order valence-electron chi connectivity index (χ2n) is 6.22. The van der Waals surface area contributed by atoms with Crippen molar-refractivity contribution in [2.24, 2.45) is 0 Å². The van der Waals surface area contributed by atoms with Gasteiger partial charge in [0.05, 0.1) is 16.3 Å². The van der Waals surface area contributed by atoms with Gasteiger partial charge in [-0.1, -0.05) is 20.8 Å². The molecule has 0 aliphatic carbocycles. The minimum absolute atomic E-state index is 0.0587. The van der Waals surface area contributed by atoms with Crippen LogP contribution in [0.25, 0.3) is 5.69 Å². The summed E-state index contributed by atoms with van der Waals surface area (Å²) in [7, 11) is 3.90. The molecule has 0 amide bonds. The summed E-state index contributed by atoms with van der Waals surface area (Å²) in [5.74, 6) is 0.939. The lowest BCUT2D eigenvalue weighted by Gasteiger charge is -2.14. The van der Waals surface area contributed by atoms with Crippen molar-refractivity contribution in [1.29, 1.82) is 0 Å². The lowest BCUT2D eigenvalue weighted by atomic mass is 9.92. The van der Waals surface area contributed by atoms with Crippen LogP contribution in [-0.2, 0) is 5.41 Å². The first-order valence-corrected chi connectivity index (χ1v) is 6.73. The van der Waals surface area contributed by atoms with Crippen molar-refractivity contribution < 1.29 is 4.92 Å². The van der Waals surface area contributed by atoms with Crippen molar-refractivity contribution in [2.75, 3.05) is 19.0 Å². The number of nitrogens with zero attached hydrogens (tertiary/aromatic N) is 4. The molecule has 2 aromatic rings. The van der Waals surface area contributed by atoms with E-state index in [1.807, 2.05) is 29.7 Å². The number of nitro groups is 1. The highest BCUT2D eigenvalue weighted by Crippen LogP contribution is 2.28. The Morgan fingerprint density at radius 1 is 1.19 bits per heavy atom. The van der Waals surface area contributed by atoms with Crippen LogP contribution in [0.5, 0.6) is 0 Å². The van der Waals surface area contributed by atoms with E-state index in [0.29, 0.717) is 0 Å². The number of benzene rings is 1. The van der Waals surface area contributed by atoms with Crippen molar-refractivity contribution >= 4 is 11.5 Å². The summed E-state index contributed by atoms with van der Waals surface area (Å²) < 4.78 is 1.81. The number of hydrogen-bond donors (Lipinski definition) is 0. The van der Waals surface area contributed by atoms with Crippen LogP contribution >= 0.6 is 0 Å². The third kappa shape index (κ3) is 3.04. The number of nitro benzene ring substituents is 1. The fourth-order valence-electron chi connectivity index (χ4n) is 1.96. The number of non-ortho nitro benzene ring substituents is 1. The van der Waals surface area contributed by atoms with Crippen LogP contribution in [0, 0.1) is 10.1 Å². The molecule has 21 heavy (non-hydrogen) atoms. The maximum atomic E-state index is 10.7. The maximum Gasteiger partial charge on any atom is 0.269 e. The molecule has 0 N–H and O–H groups in total. The number of hydrogen-bond acceptors (Lipinski definition) is 4. The van der Waals surface area contributed by atoms with E-state index in [2.05, 4.69) is 25.9 Å². The SMILES string of the molecule is CN(C)c1cc(C(C)(C)C)nn1-c1ccc([N+](=O)[O-])cc1. The maximum absolute atomic E-state index is 10.7. The molecule has 6 nitrogen and oxygen atoms in total. The van der Waals surface area contributed by atoms with Crippen LogP contribution in [0.4, 0.5) is 11.5 Å². The molecule has 0 aliphatic heterocycles. The van der Waals surface area contributed by atoms with Gasteiger partial charge in [0.15, 0.2) is 0 Å². The molecule has 0 bridgehead atoms. The predicted octanol–water partition coefficient (Wildman–Crippen LogP) is 3.14. The van der Waals surface area contributed by atoms with Gasteiger partial charge in [-0.2, -0.15) is 5.10 Å². The van der Waals surface area contributed by atoms with Gasteiger partial charge in [0, 0.05) is 37.7 Å². The molecule has 0 fully saturated rings. The van der Waals surface area contributed by atoms with Crippen molar-refractivity contribution in [3.63, 3.8) is 0 Å². The Hall–Kier alpha value is -2.37. The highest BCUT2D eigenvalue weighted by Gasteiger charge is 2.21. The molecule has 0 spiro atoms. The predicted molar refractivity (Wildman–Crippen MR) is 83.2 cm³/mol. The molecule has 0 saturated heterocycles. The Balaban J connectivity index is 2.51. The minimum Gasteiger partial charge on any atom is -0.363 e. The Morgan fingerprint density at radius 2 is 1.76 bits per heavy atom. The van der Waals surface area contributed by atoms with Crippen LogP contribution in [0.15, 0.2) is 30.3 Å². The molecule has 0 saturated carbocycles. The number of anilines is 1. The summed E-state index contributed by atoms with van der Waals surface area (Å²) in [5.41, 5.74) is 1.80. The van der Waals surface area contributed by atoms with E-state index < -0.39 is 4.92 Å². The van der Waals surface area contributed by atoms with Crippen LogP contribution in [0.2, 0.25) is 0 Å². The molecule has 0 unspecified atom stereocenters. The van der Waals surface area contributed by atoms with E-state index in [0.717, 1.165) is 17.2 Å². The first-order valence-electron chi connectivity index (χ1n) is 6.73. The Bertz CT molecular complexity index is 651. The van der Waals surface area contributed by atoms with Gasteiger partial charge in [-0.25, -0.2) is 4.68 Å². The van der Waals surface area contributed by atoms with Gasteiger partial charge in [-0.15, -0.1) is 0 Å². The van der Waals surface area contributed by atoms with Crippen LogP contribution < -0.4 is 4.90 Å². The summed E-state index contributed by atoms with van der Waals surface area (Å²) in [6.45, 7) is 6.32. The summed E-state index contributed by atoms with van der Waals surface area (Å²) >= 11 is 0. The molecule has 0 atom stereocenters. The second-order valence-corrected chi connectivity index (χ2v) is 6.22. The first kappa shape index (κ1) is 15.0. The highest BCUT2D eigenvalue weighted by molar-refractivity contribution is 5.50. The minimum atomic E-state index is -0.402. The fourth-order valence-corrected chi connectivity index (χ4v) is 1.96. The third-order valence-corrected chi connectivity index (χ3v) is 3.22. The van der Waals surface area contributed by atoms with Gasteiger partial charge in [0.2, 0.25) is 0 Å². The molecule has 112 valence electrons. The molecule has 1 heterocycles. The van der Waals surface area contributed by atoms with E-state index in [9.17, 15) is 10.1 Å². The van der Waals surface area contributed by atoms with Gasteiger partial charge in [-0.3, -0.25) is 10.1 Å². The zero-order valence-electron chi connectivity index (χ0n) is 13.0. The normalized spacial score (nSPS) is 11.5. The standard InChI is InChI=1S/C15H20N4O2/c1-15(2,3)13-10-14(17(4)5)18(16-13)11-6-8-12(9-7-11)19(20)21/h6-10H,1-5H3. The zero-order valence-corrected chi connectivity index (χ0v) is 13.0. The molecule has 2 rings (SSSR count). The third-order valence-electron chi connectivity index (χ3n) is 3.22. The van der Waals surface area contributed by atoms with Crippen LogP contribution in [0.1, 0.15) is 26.5 Å². The molecule has 0 radical (unpaired) electrons. The van der Waals surface area contributed by atoms with Crippen molar-refractivity contribution in [3.05, 3.63) is 46.1 Å². The largest absolute Gasteiger partial charge is 0.363 e. The Labute approximate surface area is 124 Å². The van der Waals surface area contributed by atoms with Crippen molar-refractivity contribution in [2.45, 2.75) is 26.2 Å². The molecule has 6 heteroatoms. The molecular weight excluding hydrogens is 268 g/mol. The van der Waals surface area contributed by atoms with Crippen molar-refractivity contribution in [3.8, 4) is 5.69 Å². The molecular formula is C15H20N4O2. The van der Waals surface area contributed by atoms with Gasteiger partial charge in [-0.05, 0) is 12.1 Å². The monoisotopic (exact) mass is 288 g/mol. The summed E-state index contributed by atoms with van der Waals surface area (Å²) in [6, 6.07) is 8.46. The highest BCUT2D eigenvalue weighted by atomic mass is 16.6. The summed E-state index contributed by atoms with van der Waals surface area (Å²) in [5, 5.41) is 15.4. The smallest absolute Gasteiger partial charge is 0.269 e. The van der Waals surface area contributed by atoms with Crippen molar-refractivity contribution in [1.82, 2.24) is 9.78 Å².